The monoisotopic (exact) mass is 273 g/mol. The molecule has 1 heterocycles. The van der Waals surface area contributed by atoms with Gasteiger partial charge < -0.3 is 15.2 Å². The molecule has 0 saturated heterocycles. The molecular weight excluding hydrogens is 254 g/mol. The van der Waals surface area contributed by atoms with Crippen molar-refractivity contribution in [2.45, 2.75) is 19.8 Å². The maximum absolute atomic E-state index is 5.65. The molecule has 2 N–H and O–H groups in total. The van der Waals surface area contributed by atoms with Crippen LogP contribution in [0, 0.1) is 0 Å². The Labute approximate surface area is 118 Å². The zero-order valence-corrected chi connectivity index (χ0v) is 11.6. The van der Waals surface area contributed by atoms with Crippen LogP contribution in [0.2, 0.25) is 0 Å². The van der Waals surface area contributed by atoms with Crippen LogP contribution in [-0.4, -0.2) is 23.1 Å². The van der Waals surface area contributed by atoms with Crippen LogP contribution >= 0.6 is 0 Å². The van der Waals surface area contributed by atoms with Gasteiger partial charge in [0.2, 0.25) is 11.8 Å². The Balaban J connectivity index is 2.01. The van der Waals surface area contributed by atoms with E-state index >= 15 is 0 Å². The summed E-state index contributed by atoms with van der Waals surface area (Å²) in [6.45, 7) is 3.30. The Morgan fingerprint density at radius 1 is 1.10 bits per heavy atom. The van der Waals surface area contributed by atoms with Gasteiger partial charge in [-0.1, -0.05) is 19.1 Å². The van der Waals surface area contributed by atoms with Gasteiger partial charge in [-0.2, -0.15) is 4.98 Å². The number of rotatable bonds is 7. The van der Waals surface area contributed by atoms with Gasteiger partial charge >= 0.3 is 0 Å². The van der Waals surface area contributed by atoms with Crippen molar-refractivity contribution < 1.29 is 9.47 Å². The summed E-state index contributed by atoms with van der Waals surface area (Å²) in [5, 5.41) is 0. The first-order valence-corrected chi connectivity index (χ1v) is 6.73. The van der Waals surface area contributed by atoms with Crippen molar-refractivity contribution in [3.63, 3.8) is 0 Å². The molecule has 5 nitrogen and oxygen atoms in total. The molecule has 0 saturated carbocycles. The molecule has 0 aliphatic carbocycles. The van der Waals surface area contributed by atoms with Gasteiger partial charge in [0.05, 0.1) is 19.0 Å². The largest absolute Gasteiger partial charge is 0.477 e. The van der Waals surface area contributed by atoms with Crippen LogP contribution in [0.1, 0.15) is 18.9 Å². The topological polar surface area (TPSA) is 70.3 Å². The third-order valence-electron chi connectivity index (χ3n) is 2.62. The van der Waals surface area contributed by atoms with Gasteiger partial charge in [0.1, 0.15) is 5.75 Å². The summed E-state index contributed by atoms with van der Waals surface area (Å²) in [6.07, 6.45) is 4.93. The summed E-state index contributed by atoms with van der Waals surface area (Å²) in [4.78, 5) is 8.29. The van der Waals surface area contributed by atoms with Gasteiger partial charge in [0.15, 0.2) is 0 Å². The van der Waals surface area contributed by atoms with E-state index in [9.17, 15) is 0 Å². The molecule has 1 aromatic carbocycles. The van der Waals surface area contributed by atoms with E-state index in [0.29, 0.717) is 30.7 Å². The highest BCUT2D eigenvalue weighted by atomic mass is 16.5. The quantitative estimate of drug-likeness (QED) is 0.839. The third kappa shape index (κ3) is 4.20. The van der Waals surface area contributed by atoms with Gasteiger partial charge in [0.25, 0.3) is 0 Å². The fraction of sp³-hybridized carbons (Fsp3) is 0.333. The minimum atomic E-state index is 0.421. The molecule has 1 aromatic heterocycles. The molecule has 0 bridgehead atoms. The number of benzene rings is 1. The Bertz CT molecular complexity index is 529. The van der Waals surface area contributed by atoms with Crippen LogP contribution in [0.3, 0.4) is 0 Å². The first-order valence-electron chi connectivity index (χ1n) is 6.73. The van der Waals surface area contributed by atoms with E-state index in [1.165, 1.54) is 5.56 Å². The van der Waals surface area contributed by atoms with E-state index in [0.717, 1.165) is 12.8 Å². The fourth-order valence-electron chi connectivity index (χ4n) is 1.67. The predicted octanol–water partition coefficient (Wildman–Crippen LogP) is 2.56. The number of nitrogens with zero attached hydrogens (tertiary/aromatic N) is 2. The molecule has 0 aliphatic heterocycles. The molecule has 20 heavy (non-hydrogen) atoms. The van der Waals surface area contributed by atoms with E-state index in [1.54, 1.807) is 12.4 Å². The third-order valence-corrected chi connectivity index (χ3v) is 2.62. The molecule has 0 unspecified atom stereocenters. The van der Waals surface area contributed by atoms with Crippen molar-refractivity contribution >= 4 is 0 Å². The Kier molecular flexibility index (Phi) is 5.32. The molecule has 0 atom stereocenters. The van der Waals surface area contributed by atoms with Gasteiger partial charge in [-0.25, -0.2) is 0 Å². The number of hydrogen-bond acceptors (Lipinski definition) is 5. The lowest BCUT2D eigenvalue weighted by molar-refractivity contribution is 0.299. The molecule has 0 spiro atoms. The molecule has 0 aliphatic rings. The molecule has 0 radical (unpaired) electrons. The molecule has 2 aromatic rings. The molecule has 5 heteroatoms. The molecule has 106 valence electrons. The maximum atomic E-state index is 5.65. The van der Waals surface area contributed by atoms with E-state index in [2.05, 4.69) is 9.97 Å². The number of ether oxygens (including phenoxy) is 2. The lowest BCUT2D eigenvalue weighted by Crippen LogP contribution is -2.02. The Morgan fingerprint density at radius 2 is 1.85 bits per heavy atom. The van der Waals surface area contributed by atoms with Crippen molar-refractivity contribution in [2.24, 2.45) is 5.73 Å². The smallest absolute Gasteiger partial charge is 0.241 e. The van der Waals surface area contributed by atoms with E-state index in [1.807, 2.05) is 31.2 Å². The SMILES string of the molecule is CCCOc1cncc(Oc2ccc(CCN)cc2)n1. The lowest BCUT2D eigenvalue weighted by atomic mass is 10.1. The second-order valence-corrected chi connectivity index (χ2v) is 4.33. The molecular formula is C15H19N3O2. The van der Waals surface area contributed by atoms with Crippen LogP contribution in [0.15, 0.2) is 36.7 Å². The van der Waals surface area contributed by atoms with Crippen molar-refractivity contribution in [3.8, 4) is 17.5 Å². The second-order valence-electron chi connectivity index (χ2n) is 4.33. The van der Waals surface area contributed by atoms with Gasteiger partial charge in [0, 0.05) is 0 Å². The van der Waals surface area contributed by atoms with E-state index in [-0.39, 0.29) is 0 Å². The van der Waals surface area contributed by atoms with Crippen LogP contribution in [-0.2, 0) is 6.42 Å². The summed E-state index contributed by atoms with van der Waals surface area (Å²) in [5.74, 6) is 1.61. The Morgan fingerprint density at radius 3 is 2.55 bits per heavy atom. The Hall–Kier alpha value is -2.14. The normalized spacial score (nSPS) is 10.3. The van der Waals surface area contributed by atoms with Gasteiger partial charge in [-0.3, -0.25) is 4.98 Å². The first kappa shape index (κ1) is 14.3. The van der Waals surface area contributed by atoms with Crippen molar-refractivity contribution in [1.82, 2.24) is 9.97 Å². The van der Waals surface area contributed by atoms with E-state index in [4.69, 9.17) is 15.2 Å². The van der Waals surface area contributed by atoms with Gasteiger partial charge in [-0.05, 0) is 37.1 Å². The van der Waals surface area contributed by atoms with Crippen LogP contribution in [0.5, 0.6) is 17.5 Å². The fourth-order valence-corrected chi connectivity index (χ4v) is 1.67. The predicted molar refractivity (Wildman–Crippen MR) is 77.1 cm³/mol. The average molecular weight is 273 g/mol. The molecule has 0 fully saturated rings. The van der Waals surface area contributed by atoms with Crippen LogP contribution in [0.4, 0.5) is 0 Å². The summed E-state index contributed by atoms with van der Waals surface area (Å²) >= 11 is 0. The van der Waals surface area contributed by atoms with Gasteiger partial charge in [-0.15, -0.1) is 0 Å². The summed E-state index contributed by atoms with van der Waals surface area (Å²) < 4.78 is 11.1. The number of hydrogen-bond donors (Lipinski definition) is 1. The van der Waals surface area contributed by atoms with Crippen molar-refractivity contribution in [3.05, 3.63) is 42.2 Å². The highest BCUT2D eigenvalue weighted by Crippen LogP contribution is 2.21. The van der Waals surface area contributed by atoms with Crippen molar-refractivity contribution in [2.75, 3.05) is 13.2 Å². The summed E-state index contributed by atoms with van der Waals surface area (Å²) in [5.41, 5.74) is 6.70. The summed E-state index contributed by atoms with van der Waals surface area (Å²) in [7, 11) is 0. The zero-order valence-electron chi connectivity index (χ0n) is 11.6. The number of aromatic nitrogens is 2. The highest BCUT2D eigenvalue weighted by molar-refractivity contribution is 5.30. The van der Waals surface area contributed by atoms with Crippen molar-refractivity contribution in [1.29, 1.82) is 0 Å². The summed E-state index contributed by atoms with van der Waals surface area (Å²) in [6, 6.07) is 7.78. The average Bonchev–Trinajstić information content (AvgIpc) is 2.48. The minimum absolute atomic E-state index is 0.421. The first-order chi connectivity index (χ1) is 9.81. The highest BCUT2D eigenvalue weighted by Gasteiger charge is 2.02. The minimum Gasteiger partial charge on any atom is -0.477 e. The lowest BCUT2D eigenvalue weighted by Gasteiger charge is -2.07. The zero-order chi connectivity index (χ0) is 14.2. The second kappa shape index (κ2) is 7.45. The maximum Gasteiger partial charge on any atom is 0.241 e. The molecule has 0 amide bonds. The standard InChI is InChI=1S/C15H19N3O2/c1-2-9-19-14-10-17-11-15(18-14)20-13-5-3-12(4-6-13)7-8-16/h3-6,10-11H,2,7-9,16H2,1H3. The molecule has 2 rings (SSSR count). The van der Waals surface area contributed by atoms with Crippen LogP contribution < -0.4 is 15.2 Å². The van der Waals surface area contributed by atoms with Crippen LogP contribution in [0.25, 0.3) is 0 Å². The van der Waals surface area contributed by atoms with E-state index < -0.39 is 0 Å². The number of nitrogens with two attached hydrogens (primary N) is 1.